The molecule has 0 amide bonds. The second-order valence-electron chi connectivity index (χ2n) is 3.86. The van der Waals surface area contributed by atoms with E-state index < -0.39 is 26.8 Å². The third kappa shape index (κ3) is 6.36. The fraction of sp³-hybridized carbons (Fsp3) is 0.571. The predicted molar refractivity (Wildman–Crippen MR) is 63.5 cm³/mol. The third-order valence-electron chi connectivity index (χ3n) is 2.63. The van der Waals surface area contributed by atoms with Crippen molar-refractivity contribution in [3.05, 3.63) is 17.7 Å². The smallest absolute Gasteiger partial charge is 0.808 e. The molecule has 1 atom stereocenters. The average Bonchev–Trinajstić information content (AvgIpc) is 2.46. The zero-order valence-electron chi connectivity index (χ0n) is 12.5. The molecule has 0 aliphatic heterocycles. The van der Waals surface area contributed by atoms with Crippen LogP contribution in [0.25, 0.3) is 0 Å². The Morgan fingerprint density at radius 2 is 1.64 bits per heavy atom. The van der Waals surface area contributed by atoms with Crippen LogP contribution >= 0.6 is 15.2 Å². The summed E-state index contributed by atoms with van der Waals surface area (Å²) < 4.78 is 23.0. The van der Waals surface area contributed by atoms with Gasteiger partial charge in [0.15, 0.2) is 0 Å². The van der Waals surface area contributed by atoms with Gasteiger partial charge in [0.1, 0.15) is 0 Å². The Labute approximate surface area is 170 Å². The monoisotopic (exact) mass is 380 g/mol. The molecule has 0 fully saturated rings. The molecule has 120 valence electrons. The molecule has 7 N–H and O–H groups in total. The van der Waals surface area contributed by atoms with Gasteiger partial charge in [-0.1, -0.05) is 0 Å². The van der Waals surface area contributed by atoms with E-state index in [1.165, 1.54) is 6.92 Å². The van der Waals surface area contributed by atoms with Gasteiger partial charge in [-0.05, 0) is 21.4 Å². The van der Waals surface area contributed by atoms with Crippen LogP contribution in [0, 0.1) is 13.8 Å². The van der Waals surface area contributed by atoms with Crippen LogP contribution in [0.2, 0.25) is 0 Å². The number of imidazole rings is 1. The quantitative estimate of drug-likeness (QED) is 0.335. The third-order valence-corrected chi connectivity index (χ3v) is 6.24. The second-order valence-corrected chi connectivity index (χ2v) is 7.77. The minimum atomic E-state index is -5.94. The number of aryl methyl sites for hydroxylation is 1. The number of aliphatic hydroxyl groups is 1. The molecule has 0 saturated heterocycles. The van der Waals surface area contributed by atoms with Gasteiger partial charge in [0.2, 0.25) is 5.08 Å². The van der Waals surface area contributed by atoms with Crippen LogP contribution in [0.1, 0.15) is 11.4 Å². The summed E-state index contributed by atoms with van der Waals surface area (Å²) in [5.41, 5.74) is 0.866. The van der Waals surface area contributed by atoms with Gasteiger partial charge in [-0.25, -0.2) is 4.98 Å². The van der Waals surface area contributed by atoms with Crippen molar-refractivity contribution in [2.75, 3.05) is 0 Å². The van der Waals surface area contributed by atoms with Crippen molar-refractivity contribution in [2.24, 2.45) is 0 Å². The summed E-state index contributed by atoms with van der Waals surface area (Å²) >= 11 is 0. The van der Waals surface area contributed by atoms with E-state index in [-0.39, 0.29) is 70.1 Å². The first-order valence-corrected chi connectivity index (χ1v) is 7.84. The molecule has 1 rings (SSSR count). The molecule has 0 radical (unpaired) electrons. The van der Waals surface area contributed by atoms with Crippen LogP contribution < -0.4 is 68.9 Å². The SMILES string of the molecule is Cc1ncn(CC(O)(P(=O)([O-])[O-])P(=O)(O)O)c1C.O.O.[Na+].[Na+]. The molecule has 1 aromatic rings. The van der Waals surface area contributed by atoms with Gasteiger partial charge in [-0.2, -0.15) is 0 Å². The van der Waals surface area contributed by atoms with Gasteiger partial charge in [0.25, 0.3) is 0 Å². The van der Waals surface area contributed by atoms with Gasteiger partial charge >= 0.3 is 66.7 Å². The molecule has 0 aliphatic carbocycles. The van der Waals surface area contributed by atoms with Crippen molar-refractivity contribution in [1.82, 2.24) is 9.55 Å². The number of rotatable bonds is 4. The summed E-state index contributed by atoms with van der Waals surface area (Å²) in [6, 6.07) is 0. The Kier molecular flexibility index (Phi) is 14.7. The molecule has 1 heterocycles. The largest absolute Gasteiger partial charge is 1.00 e. The summed E-state index contributed by atoms with van der Waals surface area (Å²) in [5, 5.41) is 5.89. The Hall–Kier alpha value is 1.39. The summed E-state index contributed by atoms with van der Waals surface area (Å²) in [6.45, 7) is 2.01. The minimum absolute atomic E-state index is 0. The predicted octanol–water partition coefficient (Wildman–Crippen LogP) is -9.40. The maximum absolute atomic E-state index is 11.1. The molecule has 0 bridgehead atoms. The van der Waals surface area contributed by atoms with Crippen LogP contribution in [-0.4, -0.2) is 40.5 Å². The van der Waals surface area contributed by atoms with Crippen molar-refractivity contribution < 1.29 is 104 Å². The summed E-state index contributed by atoms with van der Waals surface area (Å²) in [5.74, 6) is 0. The molecule has 0 saturated carbocycles. The minimum Gasteiger partial charge on any atom is -0.808 e. The molecule has 0 aliphatic rings. The number of hydrogen-bond donors (Lipinski definition) is 3. The van der Waals surface area contributed by atoms with Crippen molar-refractivity contribution in [3.63, 3.8) is 0 Å². The van der Waals surface area contributed by atoms with E-state index >= 15 is 0 Å². The van der Waals surface area contributed by atoms with Gasteiger partial charge in [0.05, 0.1) is 18.6 Å². The van der Waals surface area contributed by atoms with Crippen molar-refractivity contribution in [3.8, 4) is 0 Å². The second kappa shape index (κ2) is 10.4. The van der Waals surface area contributed by atoms with E-state index in [4.69, 9.17) is 9.79 Å². The number of hydrogen-bond acceptors (Lipinski definition) is 6. The molecular formula is C7H16N2Na2O9P2. The summed E-state index contributed by atoms with van der Waals surface area (Å²) in [4.78, 5) is 43.4. The molecule has 15 heteroatoms. The Bertz CT molecular complexity index is 532. The first-order valence-electron chi connectivity index (χ1n) is 4.68. The Morgan fingerprint density at radius 1 is 1.23 bits per heavy atom. The maximum Gasteiger partial charge on any atom is 1.00 e. The van der Waals surface area contributed by atoms with Crippen LogP contribution in [0.15, 0.2) is 6.33 Å². The van der Waals surface area contributed by atoms with E-state index in [0.717, 1.165) is 10.9 Å². The van der Waals surface area contributed by atoms with E-state index in [1.54, 1.807) is 6.92 Å². The van der Waals surface area contributed by atoms with E-state index in [1.807, 2.05) is 0 Å². The fourth-order valence-electron chi connectivity index (χ4n) is 1.27. The van der Waals surface area contributed by atoms with Gasteiger partial charge in [0, 0.05) is 5.69 Å². The molecule has 0 spiro atoms. The Morgan fingerprint density at radius 3 is 1.86 bits per heavy atom. The maximum atomic E-state index is 11.1. The van der Waals surface area contributed by atoms with Crippen molar-refractivity contribution in [2.45, 2.75) is 25.5 Å². The molecule has 0 aromatic carbocycles. The molecular weight excluding hydrogens is 364 g/mol. The molecule has 11 nitrogen and oxygen atoms in total. The summed E-state index contributed by atoms with van der Waals surface area (Å²) in [7, 11) is -11.5. The zero-order valence-corrected chi connectivity index (χ0v) is 18.3. The topological polar surface area (TPSA) is 222 Å². The number of aromatic nitrogens is 2. The van der Waals surface area contributed by atoms with Crippen LogP contribution in [0.5, 0.6) is 0 Å². The van der Waals surface area contributed by atoms with E-state index in [9.17, 15) is 24.0 Å². The fourth-order valence-corrected chi connectivity index (χ4v) is 3.21. The first-order chi connectivity index (χ1) is 7.90. The van der Waals surface area contributed by atoms with Crippen LogP contribution in [0.4, 0.5) is 0 Å². The zero-order chi connectivity index (χ0) is 14.4. The average molecular weight is 380 g/mol. The van der Waals surface area contributed by atoms with Crippen molar-refractivity contribution >= 4 is 15.2 Å². The van der Waals surface area contributed by atoms with Crippen molar-refractivity contribution in [1.29, 1.82) is 0 Å². The standard InChI is InChI=1S/C7H14N2O7P2.2Na.2H2O/c1-5-6(2)9(4-8-5)3-7(10,17(11,12)13)18(14,15)16;;;;/h4,10H,3H2,1-2H3,(H2,11,12,13)(H2,14,15,16);;;2*1H2/q;2*+1;;/p-2. The number of nitrogens with zero attached hydrogens (tertiary/aromatic N) is 2. The van der Waals surface area contributed by atoms with Crippen LogP contribution in [-0.2, 0) is 15.7 Å². The van der Waals surface area contributed by atoms with Gasteiger partial charge in [-0.15, -0.1) is 0 Å². The molecule has 1 unspecified atom stereocenters. The van der Waals surface area contributed by atoms with Gasteiger partial charge in [-0.3, -0.25) is 4.57 Å². The van der Waals surface area contributed by atoms with Crippen LogP contribution in [0.3, 0.4) is 0 Å². The Balaban J connectivity index is -0.000000405. The molecule has 22 heavy (non-hydrogen) atoms. The van der Waals surface area contributed by atoms with Gasteiger partial charge < -0.3 is 44.8 Å². The molecule has 1 aromatic heterocycles. The summed E-state index contributed by atoms with van der Waals surface area (Å²) in [6.07, 6.45) is 1.08. The first kappa shape index (κ1) is 31.2. The normalized spacial score (nSPS) is 13.6. The van der Waals surface area contributed by atoms with E-state index in [2.05, 4.69) is 4.98 Å². The van der Waals surface area contributed by atoms with E-state index in [0.29, 0.717) is 11.4 Å².